The number of likely N-dealkylation sites (tertiary alicyclic amines) is 1. The Morgan fingerprint density at radius 1 is 1.16 bits per heavy atom. The smallest absolute Gasteiger partial charge is 0.256 e. The van der Waals surface area contributed by atoms with E-state index in [1.165, 1.54) is 12.1 Å². The molecule has 0 spiro atoms. The number of anilines is 1. The monoisotopic (exact) mass is 514 g/mol. The Morgan fingerprint density at radius 3 is 2.66 bits per heavy atom. The number of aromatic amines is 1. The number of fused-ring (bicyclic) bond motifs is 1. The zero-order valence-electron chi connectivity index (χ0n) is 22.5. The molecule has 7 heteroatoms. The van der Waals surface area contributed by atoms with Crippen LogP contribution in [0.15, 0.2) is 42.5 Å². The molecule has 1 saturated heterocycles. The lowest BCUT2D eigenvalue weighted by Crippen LogP contribution is -2.39. The summed E-state index contributed by atoms with van der Waals surface area (Å²) in [6.45, 7) is 11.9. The van der Waals surface area contributed by atoms with Gasteiger partial charge in [-0.05, 0) is 79.9 Å². The highest BCUT2D eigenvalue weighted by Crippen LogP contribution is 2.41. The first-order valence-electron chi connectivity index (χ1n) is 13.4. The van der Waals surface area contributed by atoms with Gasteiger partial charge < -0.3 is 15.2 Å². The first-order chi connectivity index (χ1) is 18.3. The quantitative estimate of drug-likeness (QED) is 0.414. The average molecular weight is 515 g/mol. The van der Waals surface area contributed by atoms with Gasteiger partial charge in [-0.2, -0.15) is 0 Å². The number of aromatic nitrogens is 1. The molecular formula is C31H35FN4O2. The van der Waals surface area contributed by atoms with Crippen LogP contribution < -0.4 is 5.32 Å². The lowest BCUT2D eigenvalue weighted by molar-refractivity contribution is -0.129. The van der Waals surface area contributed by atoms with Gasteiger partial charge in [-0.25, -0.2) is 4.39 Å². The van der Waals surface area contributed by atoms with Crippen LogP contribution in [-0.2, 0) is 16.0 Å². The van der Waals surface area contributed by atoms with Crippen LogP contribution in [0.25, 0.3) is 22.8 Å². The van der Waals surface area contributed by atoms with Gasteiger partial charge >= 0.3 is 0 Å². The van der Waals surface area contributed by atoms with Crippen molar-refractivity contribution < 1.29 is 14.0 Å². The molecule has 1 fully saturated rings. The van der Waals surface area contributed by atoms with Gasteiger partial charge in [0.15, 0.2) is 0 Å². The third kappa shape index (κ3) is 4.78. The van der Waals surface area contributed by atoms with E-state index < -0.39 is 0 Å². The summed E-state index contributed by atoms with van der Waals surface area (Å²) in [5.74, 6) is -0.386. The van der Waals surface area contributed by atoms with Crippen LogP contribution in [0.1, 0.15) is 48.3 Å². The van der Waals surface area contributed by atoms with Gasteiger partial charge in [0.25, 0.3) is 5.91 Å². The zero-order chi connectivity index (χ0) is 27.0. The number of amides is 2. The molecule has 3 aromatic rings. The molecule has 2 amide bonds. The van der Waals surface area contributed by atoms with E-state index in [2.05, 4.69) is 29.0 Å². The Kier molecular flexibility index (Phi) is 7.21. The van der Waals surface area contributed by atoms with E-state index in [-0.39, 0.29) is 17.6 Å². The molecule has 0 bridgehead atoms. The highest BCUT2D eigenvalue weighted by Gasteiger charge is 2.31. The Labute approximate surface area is 223 Å². The molecule has 1 unspecified atom stereocenters. The van der Waals surface area contributed by atoms with Crippen molar-refractivity contribution in [3.63, 3.8) is 0 Å². The van der Waals surface area contributed by atoms with Crippen LogP contribution in [-0.4, -0.2) is 58.8 Å². The predicted molar refractivity (Wildman–Crippen MR) is 150 cm³/mol. The molecule has 1 aromatic heterocycles. The van der Waals surface area contributed by atoms with Gasteiger partial charge in [0.05, 0.1) is 12.0 Å². The first kappa shape index (κ1) is 25.9. The molecule has 38 heavy (non-hydrogen) atoms. The molecule has 0 saturated carbocycles. The molecule has 198 valence electrons. The van der Waals surface area contributed by atoms with Gasteiger partial charge in [-0.15, -0.1) is 0 Å². The molecule has 6 nitrogen and oxygen atoms in total. The Hall–Kier alpha value is -3.71. The minimum absolute atomic E-state index is 0.140. The molecule has 2 aromatic carbocycles. The minimum Gasteiger partial charge on any atom is -0.359 e. The van der Waals surface area contributed by atoms with Crippen molar-refractivity contribution in [2.45, 2.75) is 46.6 Å². The molecule has 1 atom stereocenters. The largest absolute Gasteiger partial charge is 0.359 e. The number of halogens is 1. The van der Waals surface area contributed by atoms with Gasteiger partial charge in [-0.1, -0.05) is 38.1 Å². The first-order valence-corrected chi connectivity index (χ1v) is 13.4. The second-order valence-corrected chi connectivity index (χ2v) is 10.2. The molecule has 2 aliphatic heterocycles. The van der Waals surface area contributed by atoms with Crippen LogP contribution in [0.4, 0.5) is 10.1 Å². The van der Waals surface area contributed by atoms with Gasteiger partial charge in [0, 0.05) is 41.8 Å². The number of carbonyl (C=O) groups is 2. The van der Waals surface area contributed by atoms with Crippen molar-refractivity contribution in [1.29, 1.82) is 0 Å². The van der Waals surface area contributed by atoms with E-state index in [0.717, 1.165) is 66.2 Å². The van der Waals surface area contributed by atoms with E-state index in [0.29, 0.717) is 29.3 Å². The summed E-state index contributed by atoms with van der Waals surface area (Å²) < 4.78 is 14.0. The fourth-order valence-electron chi connectivity index (χ4n) is 5.92. The van der Waals surface area contributed by atoms with Crippen LogP contribution in [0.2, 0.25) is 0 Å². The predicted octanol–water partition coefficient (Wildman–Crippen LogP) is 5.42. The third-order valence-electron chi connectivity index (χ3n) is 8.06. The van der Waals surface area contributed by atoms with Crippen molar-refractivity contribution in [3.8, 4) is 11.1 Å². The Morgan fingerprint density at radius 2 is 1.92 bits per heavy atom. The maximum atomic E-state index is 14.0. The molecule has 2 N–H and O–H groups in total. The fourth-order valence-corrected chi connectivity index (χ4v) is 5.92. The maximum Gasteiger partial charge on any atom is 0.256 e. The van der Waals surface area contributed by atoms with Crippen molar-refractivity contribution in [2.75, 3.05) is 31.5 Å². The molecule has 5 rings (SSSR count). The highest BCUT2D eigenvalue weighted by atomic mass is 19.1. The maximum absolute atomic E-state index is 14.0. The molecule has 0 radical (unpaired) electrons. The Balaban J connectivity index is 1.43. The standard InChI is InChI=1S/C31H35FN4O2/c1-5-35(6-2)23-13-14-36(18-23)29(37)17-25-19(3)28(33-20(25)4)16-26-30-24(21-9-7-10-22(32)15-21)11-8-12-27(30)34-31(26)38/h7-12,15-16,23,33H,5-6,13-14,17-18H2,1-4H3,(H,34,38)/b26-16-. The van der Waals surface area contributed by atoms with Crippen LogP contribution in [0.5, 0.6) is 0 Å². The number of aryl methyl sites for hydroxylation is 1. The van der Waals surface area contributed by atoms with Gasteiger partial charge in [-0.3, -0.25) is 14.5 Å². The summed E-state index contributed by atoms with van der Waals surface area (Å²) in [5.41, 5.74) is 7.16. The van der Waals surface area contributed by atoms with E-state index in [1.807, 2.05) is 49.1 Å². The fraction of sp³-hybridized carbons (Fsp3) is 0.355. The second kappa shape index (κ2) is 10.6. The van der Waals surface area contributed by atoms with Crippen molar-refractivity contribution in [1.82, 2.24) is 14.8 Å². The summed E-state index contributed by atoms with van der Waals surface area (Å²) in [6.07, 6.45) is 3.20. The number of likely N-dealkylation sites (N-methyl/N-ethyl adjacent to an activating group) is 1. The van der Waals surface area contributed by atoms with Crippen molar-refractivity contribution in [2.24, 2.45) is 0 Å². The number of nitrogens with one attached hydrogen (secondary N) is 2. The van der Waals surface area contributed by atoms with Gasteiger partial charge in [0.1, 0.15) is 5.82 Å². The molecular weight excluding hydrogens is 479 g/mol. The normalized spacial score (nSPS) is 17.9. The summed E-state index contributed by atoms with van der Waals surface area (Å²) >= 11 is 0. The third-order valence-corrected chi connectivity index (χ3v) is 8.06. The average Bonchev–Trinajstić information content (AvgIpc) is 3.58. The lowest BCUT2D eigenvalue weighted by Gasteiger charge is -2.26. The number of hydrogen-bond donors (Lipinski definition) is 2. The lowest BCUT2D eigenvalue weighted by atomic mass is 9.94. The summed E-state index contributed by atoms with van der Waals surface area (Å²) in [5, 5.41) is 2.95. The van der Waals surface area contributed by atoms with E-state index >= 15 is 0 Å². The number of rotatable bonds is 7. The van der Waals surface area contributed by atoms with Crippen LogP contribution in [0.3, 0.4) is 0 Å². The summed E-state index contributed by atoms with van der Waals surface area (Å²) in [4.78, 5) is 34.1. The van der Waals surface area contributed by atoms with E-state index in [1.54, 1.807) is 6.07 Å². The minimum atomic E-state index is -0.325. The van der Waals surface area contributed by atoms with E-state index in [4.69, 9.17) is 0 Å². The highest BCUT2D eigenvalue weighted by molar-refractivity contribution is 6.36. The number of benzene rings is 2. The molecule has 0 aliphatic carbocycles. The summed E-state index contributed by atoms with van der Waals surface area (Å²) in [7, 11) is 0. The molecule has 2 aliphatic rings. The Bertz CT molecular complexity index is 1420. The van der Waals surface area contributed by atoms with Crippen LogP contribution in [0, 0.1) is 19.7 Å². The number of carbonyl (C=O) groups excluding carboxylic acids is 2. The zero-order valence-corrected chi connectivity index (χ0v) is 22.5. The number of nitrogens with zero attached hydrogens (tertiary/aromatic N) is 2. The molecule has 3 heterocycles. The topological polar surface area (TPSA) is 68.4 Å². The van der Waals surface area contributed by atoms with Crippen molar-refractivity contribution >= 4 is 29.2 Å². The second-order valence-electron chi connectivity index (χ2n) is 10.2. The summed E-state index contributed by atoms with van der Waals surface area (Å²) in [6, 6.07) is 12.4. The van der Waals surface area contributed by atoms with Gasteiger partial charge in [0.2, 0.25) is 5.91 Å². The van der Waals surface area contributed by atoms with Crippen molar-refractivity contribution in [3.05, 3.63) is 76.4 Å². The number of H-pyrrole nitrogens is 1. The van der Waals surface area contributed by atoms with E-state index in [9.17, 15) is 14.0 Å². The van der Waals surface area contributed by atoms with Crippen LogP contribution >= 0.6 is 0 Å². The number of hydrogen-bond acceptors (Lipinski definition) is 3. The SMILES string of the molecule is CCN(CC)C1CCN(C(=O)Cc2c(C)[nH]c(/C=C3\C(=O)Nc4cccc(-c5cccc(F)c5)c43)c2C)C1.